The number of nitrogens with one attached hydrogen (secondary N) is 1. The van der Waals surface area contributed by atoms with Gasteiger partial charge in [-0.1, -0.05) is 6.42 Å². The Balaban J connectivity index is 0.00000210. The molecule has 0 spiro atoms. The largest absolute Gasteiger partial charge is 0.360 e. The van der Waals surface area contributed by atoms with Gasteiger partial charge in [0, 0.05) is 46.2 Å². The molecule has 148 valence electrons. The van der Waals surface area contributed by atoms with E-state index in [1.54, 1.807) is 0 Å². The summed E-state index contributed by atoms with van der Waals surface area (Å²) in [6.07, 6.45) is 4.78. The zero-order chi connectivity index (χ0) is 17.8. The van der Waals surface area contributed by atoms with Gasteiger partial charge in [0.1, 0.15) is 5.82 Å². The van der Waals surface area contributed by atoms with E-state index in [1.165, 1.54) is 24.3 Å². The van der Waals surface area contributed by atoms with Crippen molar-refractivity contribution >= 4 is 46.3 Å². The van der Waals surface area contributed by atoms with Crippen molar-refractivity contribution in [2.75, 3.05) is 38.1 Å². The lowest BCUT2D eigenvalue weighted by molar-refractivity contribution is 0.372. The molecular weight excluding hydrogens is 473 g/mol. The van der Waals surface area contributed by atoms with Crippen LogP contribution in [0.2, 0.25) is 0 Å². The van der Waals surface area contributed by atoms with Gasteiger partial charge in [-0.3, -0.25) is 4.99 Å². The monoisotopic (exact) mass is 501 g/mol. The molecule has 0 aliphatic carbocycles. The number of aromatic nitrogens is 3. The van der Waals surface area contributed by atoms with Crippen LogP contribution in [0.1, 0.15) is 30.9 Å². The number of nitrogens with zero attached hydrogens (tertiary/aromatic N) is 6. The number of hydrogen-bond acceptors (Lipinski definition) is 5. The molecule has 27 heavy (non-hydrogen) atoms. The average Bonchev–Trinajstić information content (AvgIpc) is 3.28. The lowest BCUT2D eigenvalue weighted by Crippen LogP contribution is -2.52. The highest BCUT2D eigenvalue weighted by Gasteiger charge is 2.21. The van der Waals surface area contributed by atoms with Crippen molar-refractivity contribution < 1.29 is 0 Å². The maximum atomic E-state index is 4.49. The van der Waals surface area contributed by atoms with Gasteiger partial charge in [-0.2, -0.15) is 0 Å². The first-order valence-corrected chi connectivity index (χ1v) is 10.4. The number of rotatable bonds is 3. The van der Waals surface area contributed by atoms with Gasteiger partial charge in [0.25, 0.3) is 0 Å². The van der Waals surface area contributed by atoms with E-state index < -0.39 is 0 Å². The van der Waals surface area contributed by atoms with Crippen LogP contribution in [-0.2, 0) is 19.5 Å². The Morgan fingerprint density at radius 1 is 1.15 bits per heavy atom. The number of hydrogen-bond donors (Lipinski definition) is 1. The topological polar surface area (TPSA) is 61.6 Å². The van der Waals surface area contributed by atoms with E-state index in [0.29, 0.717) is 6.54 Å². The van der Waals surface area contributed by atoms with Gasteiger partial charge in [-0.25, -0.2) is 0 Å². The summed E-state index contributed by atoms with van der Waals surface area (Å²) >= 11 is 1.81. The molecule has 0 amide bonds. The number of anilines is 1. The molecule has 1 fully saturated rings. The Labute approximate surface area is 181 Å². The third kappa shape index (κ3) is 4.74. The Morgan fingerprint density at radius 2 is 2.00 bits per heavy atom. The Hall–Kier alpha value is -1.36. The van der Waals surface area contributed by atoms with Gasteiger partial charge in [-0.05, 0) is 30.4 Å². The standard InChI is InChI=1S/C18H27N7S.HI/c1-19-18(24-11-9-23(10-12-24)17-7-5-13-26-17)20-14-16-22-21-15-6-3-2-4-8-25(15)16;/h5,7,13H,2-4,6,8-12,14H2,1H3,(H,19,20);1H. The first kappa shape index (κ1) is 20.4. The quantitative estimate of drug-likeness (QED) is 0.398. The summed E-state index contributed by atoms with van der Waals surface area (Å²) in [5.74, 6) is 3.13. The molecule has 0 saturated carbocycles. The smallest absolute Gasteiger partial charge is 0.194 e. The van der Waals surface area contributed by atoms with E-state index in [-0.39, 0.29) is 24.0 Å². The van der Waals surface area contributed by atoms with E-state index in [0.717, 1.165) is 56.8 Å². The number of aliphatic imine (C=N–C) groups is 1. The Bertz CT molecular complexity index is 735. The van der Waals surface area contributed by atoms with E-state index >= 15 is 0 Å². The predicted molar refractivity (Wildman–Crippen MR) is 121 cm³/mol. The average molecular weight is 501 g/mol. The van der Waals surface area contributed by atoms with Gasteiger partial charge in [0.2, 0.25) is 0 Å². The fourth-order valence-electron chi connectivity index (χ4n) is 3.75. The van der Waals surface area contributed by atoms with Crippen molar-refractivity contribution in [1.82, 2.24) is 25.0 Å². The summed E-state index contributed by atoms with van der Waals surface area (Å²) in [7, 11) is 1.86. The second kappa shape index (κ2) is 9.72. The molecule has 4 rings (SSSR count). The molecule has 1 saturated heterocycles. The number of fused-ring (bicyclic) bond motifs is 1. The highest BCUT2D eigenvalue weighted by atomic mass is 127. The van der Waals surface area contributed by atoms with Crippen molar-refractivity contribution in [1.29, 1.82) is 0 Å². The maximum absolute atomic E-state index is 4.49. The molecule has 0 aromatic carbocycles. The van der Waals surface area contributed by atoms with Crippen LogP contribution in [0.4, 0.5) is 5.00 Å². The van der Waals surface area contributed by atoms with Crippen LogP contribution in [-0.4, -0.2) is 58.9 Å². The highest BCUT2D eigenvalue weighted by Crippen LogP contribution is 2.22. The van der Waals surface area contributed by atoms with Crippen LogP contribution in [0.3, 0.4) is 0 Å². The third-order valence-electron chi connectivity index (χ3n) is 5.20. The molecule has 2 aliphatic rings. The molecule has 2 aromatic rings. The molecule has 9 heteroatoms. The van der Waals surface area contributed by atoms with Gasteiger partial charge >= 0.3 is 0 Å². The van der Waals surface area contributed by atoms with Crippen molar-refractivity contribution in [3.05, 3.63) is 29.2 Å². The Morgan fingerprint density at radius 3 is 2.74 bits per heavy atom. The van der Waals surface area contributed by atoms with Crippen LogP contribution < -0.4 is 10.2 Å². The van der Waals surface area contributed by atoms with E-state index in [2.05, 4.69) is 52.4 Å². The van der Waals surface area contributed by atoms with E-state index in [1.807, 2.05) is 18.4 Å². The van der Waals surface area contributed by atoms with E-state index in [9.17, 15) is 0 Å². The second-order valence-electron chi connectivity index (χ2n) is 6.82. The van der Waals surface area contributed by atoms with Crippen LogP contribution >= 0.6 is 35.3 Å². The second-order valence-corrected chi connectivity index (χ2v) is 7.75. The minimum atomic E-state index is 0. The van der Waals surface area contributed by atoms with Crippen molar-refractivity contribution in [2.24, 2.45) is 4.99 Å². The molecule has 2 aromatic heterocycles. The molecule has 0 atom stereocenters. The summed E-state index contributed by atoms with van der Waals surface area (Å²) < 4.78 is 2.29. The lowest BCUT2D eigenvalue weighted by atomic mass is 10.2. The molecule has 0 bridgehead atoms. The van der Waals surface area contributed by atoms with Crippen molar-refractivity contribution in [3.63, 3.8) is 0 Å². The zero-order valence-corrected chi connectivity index (χ0v) is 18.9. The minimum Gasteiger partial charge on any atom is -0.360 e. The molecule has 0 radical (unpaired) electrons. The van der Waals surface area contributed by atoms with Gasteiger partial charge < -0.3 is 19.7 Å². The predicted octanol–water partition coefficient (Wildman–Crippen LogP) is 2.58. The fraction of sp³-hybridized carbons (Fsp3) is 0.611. The van der Waals surface area contributed by atoms with Crippen LogP contribution in [0.15, 0.2) is 22.5 Å². The zero-order valence-electron chi connectivity index (χ0n) is 15.8. The van der Waals surface area contributed by atoms with Crippen LogP contribution in [0.5, 0.6) is 0 Å². The number of halogens is 1. The number of guanidine groups is 1. The van der Waals surface area contributed by atoms with Gasteiger partial charge in [-0.15, -0.1) is 45.5 Å². The maximum Gasteiger partial charge on any atom is 0.194 e. The first-order valence-electron chi connectivity index (χ1n) is 9.50. The third-order valence-corrected chi connectivity index (χ3v) is 6.13. The molecule has 0 unspecified atom stereocenters. The lowest BCUT2D eigenvalue weighted by Gasteiger charge is -2.37. The van der Waals surface area contributed by atoms with Crippen LogP contribution in [0.25, 0.3) is 0 Å². The SMILES string of the molecule is CN=C(NCc1nnc2n1CCCCC2)N1CCN(c2cccs2)CC1.I. The van der Waals surface area contributed by atoms with Crippen molar-refractivity contribution in [2.45, 2.75) is 38.8 Å². The fourth-order valence-corrected chi connectivity index (χ4v) is 4.54. The normalized spacial score (nSPS) is 17.9. The number of piperazine rings is 1. The minimum absolute atomic E-state index is 0. The summed E-state index contributed by atoms with van der Waals surface area (Å²) in [5.41, 5.74) is 0. The summed E-state index contributed by atoms with van der Waals surface area (Å²) in [6.45, 7) is 5.75. The molecule has 2 aliphatic heterocycles. The highest BCUT2D eigenvalue weighted by molar-refractivity contribution is 14.0. The van der Waals surface area contributed by atoms with Gasteiger partial charge in [0.05, 0.1) is 11.5 Å². The molecular formula is C18H28IN7S. The number of aryl methyl sites for hydroxylation is 1. The Kier molecular flexibility index (Phi) is 7.33. The summed E-state index contributed by atoms with van der Waals surface area (Å²) in [6, 6.07) is 4.32. The molecule has 4 heterocycles. The van der Waals surface area contributed by atoms with Gasteiger partial charge in [0.15, 0.2) is 11.8 Å². The molecule has 7 nitrogen and oxygen atoms in total. The van der Waals surface area contributed by atoms with Crippen molar-refractivity contribution in [3.8, 4) is 0 Å². The number of thiophene rings is 1. The summed E-state index contributed by atoms with van der Waals surface area (Å²) in [5, 5.41) is 15.8. The van der Waals surface area contributed by atoms with E-state index in [4.69, 9.17) is 0 Å². The first-order chi connectivity index (χ1) is 12.8. The van der Waals surface area contributed by atoms with Crippen LogP contribution in [0, 0.1) is 0 Å². The summed E-state index contributed by atoms with van der Waals surface area (Å²) in [4.78, 5) is 9.28. The molecule has 1 N–H and O–H groups in total.